The van der Waals surface area contributed by atoms with Gasteiger partial charge in [0.1, 0.15) is 0 Å². The minimum atomic E-state index is 0. The minimum absolute atomic E-state index is 0. The van der Waals surface area contributed by atoms with Crippen LogP contribution >= 0.6 is 0 Å². The van der Waals surface area contributed by atoms with Gasteiger partial charge >= 0.3 is 0 Å². The zero-order valence-corrected chi connectivity index (χ0v) is 48.3. The molecule has 0 bridgehead atoms. The normalized spacial score (nSPS) is 11.5. The van der Waals surface area contributed by atoms with Crippen molar-refractivity contribution in [3.05, 3.63) is 59.7 Å². The van der Waals surface area contributed by atoms with Gasteiger partial charge in [0.2, 0.25) is 0 Å². The molecular weight excluding hydrogens is 903 g/mol. The van der Waals surface area contributed by atoms with Crippen LogP contribution in [0.3, 0.4) is 0 Å². The fourth-order valence-electron chi connectivity index (χ4n) is 9.82. The molecule has 2 nitrogen and oxygen atoms in total. The van der Waals surface area contributed by atoms with Crippen molar-refractivity contribution in [2.45, 2.75) is 323 Å². The number of nitrogens with zero attached hydrogens (tertiary/aromatic N) is 2. The number of aryl methyl sites for hydroxylation is 2. The first kappa shape index (κ1) is 66.4. The van der Waals surface area contributed by atoms with Crippen LogP contribution in [0.4, 0.5) is 11.4 Å². The molecule has 2 aromatic carbocycles. The first-order valence-electron chi connectivity index (χ1n) is 31.0. The minimum Gasteiger partial charge on any atom is -0.251 e. The second kappa shape index (κ2) is 52.3. The molecule has 0 saturated heterocycles. The van der Waals surface area contributed by atoms with Crippen LogP contribution in [0.2, 0.25) is 0 Å². The molecule has 71 heavy (non-hydrogen) atoms. The van der Waals surface area contributed by atoms with Crippen molar-refractivity contribution >= 4 is 22.8 Å². The molecule has 0 atom stereocenters. The molecule has 0 amide bonds. The molecule has 0 heterocycles. The predicted molar refractivity (Wildman–Crippen MR) is 316 cm³/mol. The third kappa shape index (κ3) is 39.5. The van der Waals surface area contributed by atoms with E-state index in [1.165, 1.54) is 247 Å². The van der Waals surface area contributed by atoms with E-state index in [0.29, 0.717) is 0 Å². The van der Waals surface area contributed by atoms with Gasteiger partial charge in [-0.25, -0.2) is 0 Å². The van der Waals surface area contributed by atoms with E-state index in [2.05, 4.69) is 99.9 Å². The zero-order valence-electron chi connectivity index (χ0n) is 47.4. The molecule has 0 radical (unpaired) electrons. The largest absolute Gasteiger partial charge is 0.251 e. The molecule has 0 fully saturated rings. The van der Waals surface area contributed by atoms with Crippen molar-refractivity contribution in [2.24, 2.45) is 9.98 Å². The van der Waals surface area contributed by atoms with E-state index < -0.39 is 0 Å². The molecule has 3 heteroatoms. The van der Waals surface area contributed by atoms with Gasteiger partial charge in [-0.3, -0.25) is 9.98 Å². The van der Waals surface area contributed by atoms with Crippen LogP contribution < -0.4 is 0 Å². The van der Waals surface area contributed by atoms with Gasteiger partial charge in [-0.2, -0.15) is 0 Å². The van der Waals surface area contributed by atoms with E-state index in [1.807, 2.05) is 0 Å². The first-order chi connectivity index (χ1) is 34.7. The predicted octanol–water partition coefficient (Wildman–Crippen LogP) is 22.9. The summed E-state index contributed by atoms with van der Waals surface area (Å²) in [6, 6.07) is 17.6. The quantitative estimate of drug-likeness (QED) is 0.0273. The molecule has 0 aliphatic rings. The van der Waals surface area contributed by atoms with E-state index in [4.69, 9.17) is 9.98 Å². The number of hydrogen-bond donors (Lipinski definition) is 0. The van der Waals surface area contributed by atoms with Crippen molar-refractivity contribution in [1.29, 1.82) is 0 Å². The molecule has 0 aliphatic carbocycles. The number of benzene rings is 2. The van der Waals surface area contributed by atoms with Crippen LogP contribution in [0.15, 0.2) is 58.5 Å². The first-order valence-corrected chi connectivity index (χ1v) is 31.0. The van der Waals surface area contributed by atoms with Crippen LogP contribution in [-0.2, 0) is 29.3 Å². The number of unbranched alkanes of at least 4 members (excludes halogenated alkanes) is 36. The SMILES string of the molecule is CCCCCCCCCCCCCCCCCCC#CCCc1ccccc1/N=C(CCCC)\C(CCCCCC)=N\c1ccccc1CCC#CCCCCCCCCCCCCCCCCCC.[Ni]. The maximum atomic E-state index is 5.51. The Morgan fingerprint density at radius 3 is 0.873 bits per heavy atom. The van der Waals surface area contributed by atoms with Crippen molar-refractivity contribution in [3.8, 4) is 23.7 Å². The summed E-state index contributed by atoms with van der Waals surface area (Å²) in [6.45, 7) is 9.20. The third-order valence-corrected chi connectivity index (χ3v) is 14.5. The second-order valence-corrected chi connectivity index (χ2v) is 21.1. The van der Waals surface area contributed by atoms with Crippen LogP contribution in [0.25, 0.3) is 0 Å². The Kier molecular flexibility index (Phi) is 48.9. The van der Waals surface area contributed by atoms with Gasteiger partial charge in [-0.1, -0.05) is 282 Å². The Hall–Kier alpha value is -2.61. The van der Waals surface area contributed by atoms with Crippen LogP contribution in [0, 0.1) is 23.7 Å². The van der Waals surface area contributed by atoms with Crippen LogP contribution in [0.1, 0.15) is 321 Å². The number of para-hydroxylation sites is 2. The molecule has 404 valence electrons. The van der Waals surface area contributed by atoms with Crippen LogP contribution in [0.5, 0.6) is 0 Å². The Bertz CT molecular complexity index is 1660. The van der Waals surface area contributed by atoms with Gasteiger partial charge in [-0.15, -0.1) is 23.7 Å². The van der Waals surface area contributed by atoms with Gasteiger partial charge < -0.3 is 0 Å². The van der Waals surface area contributed by atoms with Crippen molar-refractivity contribution < 1.29 is 16.5 Å². The number of aliphatic imine (C=N–C) groups is 2. The van der Waals surface area contributed by atoms with Crippen molar-refractivity contribution in [2.75, 3.05) is 0 Å². The molecule has 0 N–H and O–H groups in total. The number of rotatable bonds is 47. The smallest absolute Gasteiger partial charge is 0.0666 e. The van der Waals surface area contributed by atoms with Gasteiger partial charge in [0, 0.05) is 42.2 Å². The molecule has 2 rings (SSSR count). The molecular formula is C68H112N2Ni. The average Bonchev–Trinajstić information content (AvgIpc) is 3.38. The molecule has 0 unspecified atom stereocenters. The summed E-state index contributed by atoms with van der Waals surface area (Å²) in [6.07, 6.45) is 59.9. The Labute approximate surface area is 453 Å². The Morgan fingerprint density at radius 2 is 0.549 bits per heavy atom. The molecule has 0 aliphatic heterocycles. The third-order valence-electron chi connectivity index (χ3n) is 14.5. The standard InChI is InChI=1S/C68H112N2.Ni/c1-5-9-13-16-18-20-22-24-26-28-30-32-34-36-38-40-42-44-46-48-55-63-57-51-53-60-65(63)69-67(59-12-8-4)68(62-50-15-11-7-3)70-66-61-54-52-58-64(66)56-49-47-45-43-41-39-37-35-33-31-29-27-25-23-21-19-17-14-10-6-2;/h51-54,57-58,60-61H,5-43,48-50,55-56,59,62H2,1-4H3;/b69-67-,70-68+;. The van der Waals surface area contributed by atoms with Gasteiger partial charge in [-0.05, 0) is 74.6 Å². The topological polar surface area (TPSA) is 24.7 Å². The molecule has 0 aromatic heterocycles. The van der Waals surface area contributed by atoms with Crippen molar-refractivity contribution in [3.63, 3.8) is 0 Å². The summed E-state index contributed by atoms with van der Waals surface area (Å²) in [5, 5.41) is 0. The van der Waals surface area contributed by atoms with E-state index in [1.54, 1.807) is 0 Å². The summed E-state index contributed by atoms with van der Waals surface area (Å²) < 4.78 is 0. The summed E-state index contributed by atoms with van der Waals surface area (Å²) in [4.78, 5) is 11.0. The van der Waals surface area contributed by atoms with E-state index in [9.17, 15) is 0 Å². The maximum absolute atomic E-state index is 5.51. The van der Waals surface area contributed by atoms with Gasteiger partial charge in [0.15, 0.2) is 0 Å². The average molecular weight is 1020 g/mol. The summed E-state index contributed by atoms with van der Waals surface area (Å²) in [5.41, 5.74) is 7.16. The second-order valence-electron chi connectivity index (χ2n) is 21.1. The number of hydrogen-bond acceptors (Lipinski definition) is 2. The molecule has 2 aromatic rings. The summed E-state index contributed by atoms with van der Waals surface area (Å²) in [7, 11) is 0. The summed E-state index contributed by atoms with van der Waals surface area (Å²) >= 11 is 0. The van der Waals surface area contributed by atoms with E-state index in [0.717, 1.165) is 82.0 Å². The van der Waals surface area contributed by atoms with E-state index >= 15 is 0 Å². The van der Waals surface area contributed by atoms with E-state index in [-0.39, 0.29) is 16.5 Å². The maximum Gasteiger partial charge on any atom is 0.0666 e. The molecule has 0 spiro atoms. The zero-order chi connectivity index (χ0) is 49.9. The fourth-order valence-corrected chi connectivity index (χ4v) is 9.82. The monoisotopic (exact) mass is 1010 g/mol. The van der Waals surface area contributed by atoms with Gasteiger partial charge in [0.05, 0.1) is 22.8 Å². The van der Waals surface area contributed by atoms with Crippen molar-refractivity contribution in [1.82, 2.24) is 0 Å². The van der Waals surface area contributed by atoms with Crippen LogP contribution in [-0.4, -0.2) is 11.4 Å². The Morgan fingerprint density at radius 1 is 0.296 bits per heavy atom. The molecule has 0 saturated carbocycles. The Balaban J connectivity index is 0.0000252. The summed E-state index contributed by atoms with van der Waals surface area (Å²) in [5.74, 6) is 14.1. The van der Waals surface area contributed by atoms with Gasteiger partial charge in [0.25, 0.3) is 0 Å². The fraction of sp³-hybridized carbons (Fsp3) is 0.735.